The first kappa shape index (κ1) is 15.1. The summed E-state index contributed by atoms with van der Waals surface area (Å²) in [5.74, 6) is -0.0986. The number of amides is 1. The number of thioether (sulfide) groups is 1. The summed E-state index contributed by atoms with van der Waals surface area (Å²) in [6.45, 7) is 1.82. The van der Waals surface area contributed by atoms with Gasteiger partial charge in [-0.1, -0.05) is 40.8 Å². The lowest BCUT2D eigenvalue weighted by molar-refractivity contribution is -0.115. The molecule has 0 aliphatic heterocycles. The zero-order valence-electron chi connectivity index (χ0n) is 10.9. The SMILES string of the molecule is CNc1nnc(S[C@@H](C)C(=O)Nc2cccc(Cl)c2)s1. The number of carbonyl (C=O) groups is 1. The van der Waals surface area contributed by atoms with Crippen LogP contribution >= 0.6 is 34.7 Å². The number of hydrogen-bond donors (Lipinski definition) is 2. The monoisotopic (exact) mass is 328 g/mol. The second-order valence-corrected chi connectivity index (χ2v) is 6.88. The lowest BCUT2D eigenvalue weighted by atomic mass is 10.3. The van der Waals surface area contributed by atoms with Gasteiger partial charge in [-0.2, -0.15) is 0 Å². The summed E-state index contributed by atoms with van der Waals surface area (Å²) in [6, 6.07) is 7.06. The molecule has 2 rings (SSSR count). The molecule has 1 amide bonds. The van der Waals surface area contributed by atoms with E-state index in [2.05, 4.69) is 20.8 Å². The standard InChI is InChI=1S/C12H13ClN4OS2/c1-7(19-12-17-16-11(14-2)20-12)10(18)15-9-5-3-4-8(13)6-9/h3-7H,1-2H3,(H,14,16)(H,15,18)/t7-/m0/s1. The molecule has 0 fully saturated rings. The van der Waals surface area contributed by atoms with Crippen LogP contribution in [0.2, 0.25) is 5.02 Å². The minimum Gasteiger partial charge on any atom is -0.363 e. The molecule has 0 aliphatic rings. The Morgan fingerprint density at radius 3 is 2.90 bits per heavy atom. The second kappa shape index (κ2) is 6.92. The molecular weight excluding hydrogens is 316 g/mol. The van der Waals surface area contributed by atoms with Crippen LogP contribution in [0.25, 0.3) is 0 Å². The molecule has 0 radical (unpaired) electrons. The van der Waals surface area contributed by atoms with Crippen molar-refractivity contribution in [1.29, 1.82) is 0 Å². The normalized spacial score (nSPS) is 11.9. The quantitative estimate of drug-likeness (QED) is 0.824. The molecule has 106 valence electrons. The van der Waals surface area contributed by atoms with Crippen molar-refractivity contribution in [2.45, 2.75) is 16.5 Å². The Morgan fingerprint density at radius 2 is 2.25 bits per heavy atom. The molecule has 0 unspecified atom stereocenters. The van der Waals surface area contributed by atoms with Gasteiger partial charge in [-0.3, -0.25) is 4.79 Å². The van der Waals surface area contributed by atoms with Gasteiger partial charge in [0.2, 0.25) is 11.0 Å². The Hall–Kier alpha value is -1.31. The molecule has 2 N–H and O–H groups in total. The van der Waals surface area contributed by atoms with Crippen molar-refractivity contribution >= 4 is 51.4 Å². The highest BCUT2D eigenvalue weighted by Crippen LogP contribution is 2.29. The van der Waals surface area contributed by atoms with Gasteiger partial charge >= 0.3 is 0 Å². The van der Waals surface area contributed by atoms with E-state index in [9.17, 15) is 4.79 Å². The van der Waals surface area contributed by atoms with Gasteiger partial charge < -0.3 is 10.6 Å². The van der Waals surface area contributed by atoms with Crippen molar-refractivity contribution in [3.63, 3.8) is 0 Å². The van der Waals surface area contributed by atoms with Gasteiger partial charge in [-0.25, -0.2) is 0 Å². The number of benzene rings is 1. The fraction of sp³-hybridized carbons (Fsp3) is 0.250. The van der Waals surface area contributed by atoms with Crippen LogP contribution in [0.1, 0.15) is 6.92 Å². The van der Waals surface area contributed by atoms with Crippen molar-refractivity contribution in [1.82, 2.24) is 10.2 Å². The van der Waals surface area contributed by atoms with Crippen LogP contribution in [0.15, 0.2) is 28.6 Å². The molecule has 8 heteroatoms. The van der Waals surface area contributed by atoms with Crippen LogP contribution in [0.3, 0.4) is 0 Å². The second-order valence-electron chi connectivity index (χ2n) is 3.88. The zero-order chi connectivity index (χ0) is 14.5. The molecule has 1 aromatic carbocycles. The summed E-state index contributed by atoms with van der Waals surface area (Å²) in [7, 11) is 1.78. The highest BCUT2D eigenvalue weighted by molar-refractivity contribution is 8.02. The van der Waals surface area contributed by atoms with E-state index in [1.54, 1.807) is 31.3 Å². The number of halogens is 1. The summed E-state index contributed by atoms with van der Waals surface area (Å²) < 4.78 is 0.753. The Labute approximate surface area is 130 Å². The van der Waals surface area contributed by atoms with Gasteiger partial charge in [-0.15, -0.1) is 10.2 Å². The molecule has 0 saturated carbocycles. The fourth-order valence-corrected chi connectivity index (χ4v) is 3.41. The maximum Gasteiger partial charge on any atom is 0.237 e. The first-order valence-corrected chi connectivity index (χ1v) is 7.90. The summed E-state index contributed by atoms with van der Waals surface area (Å²) in [6.07, 6.45) is 0. The van der Waals surface area contributed by atoms with E-state index >= 15 is 0 Å². The van der Waals surface area contributed by atoms with E-state index in [1.165, 1.54) is 23.1 Å². The van der Waals surface area contributed by atoms with Gasteiger partial charge in [0.05, 0.1) is 5.25 Å². The fourth-order valence-electron chi connectivity index (χ4n) is 1.37. The third-order valence-corrected chi connectivity index (χ3v) is 4.72. The number of nitrogens with zero attached hydrogens (tertiary/aromatic N) is 2. The van der Waals surface area contributed by atoms with E-state index < -0.39 is 0 Å². The van der Waals surface area contributed by atoms with Gasteiger partial charge in [0.1, 0.15) is 0 Å². The van der Waals surface area contributed by atoms with Crippen molar-refractivity contribution in [2.75, 3.05) is 17.7 Å². The molecular formula is C12H13ClN4OS2. The van der Waals surface area contributed by atoms with E-state index in [0.717, 1.165) is 9.47 Å². The van der Waals surface area contributed by atoms with Crippen LogP contribution in [-0.2, 0) is 4.79 Å². The summed E-state index contributed by atoms with van der Waals surface area (Å²) in [5.41, 5.74) is 0.683. The van der Waals surface area contributed by atoms with E-state index in [4.69, 9.17) is 11.6 Å². The molecule has 1 aromatic heterocycles. The summed E-state index contributed by atoms with van der Waals surface area (Å²) in [4.78, 5) is 12.1. The van der Waals surface area contributed by atoms with Crippen molar-refractivity contribution in [3.8, 4) is 0 Å². The third kappa shape index (κ3) is 4.09. The van der Waals surface area contributed by atoms with Crippen molar-refractivity contribution in [3.05, 3.63) is 29.3 Å². The molecule has 2 aromatic rings. The molecule has 0 bridgehead atoms. The maximum absolute atomic E-state index is 12.1. The predicted molar refractivity (Wildman–Crippen MR) is 84.9 cm³/mol. The van der Waals surface area contributed by atoms with Crippen LogP contribution in [0.5, 0.6) is 0 Å². The van der Waals surface area contributed by atoms with Crippen molar-refractivity contribution in [2.24, 2.45) is 0 Å². The number of carbonyl (C=O) groups excluding carboxylic acids is 1. The van der Waals surface area contributed by atoms with Gasteiger partial charge in [0.15, 0.2) is 4.34 Å². The van der Waals surface area contributed by atoms with Crippen LogP contribution in [-0.4, -0.2) is 28.4 Å². The molecule has 1 atom stereocenters. The van der Waals surface area contributed by atoms with E-state index in [1.807, 2.05) is 6.92 Å². The predicted octanol–water partition coefficient (Wildman–Crippen LogP) is 3.35. The van der Waals surface area contributed by atoms with Crippen molar-refractivity contribution < 1.29 is 4.79 Å². The molecule has 0 aliphatic carbocycles. The minimum absolute atomic E-state index is 0.0986. The van der Waals surface area contributed by atoms with Gasteiger partial charge in [0, 0.05) is 17.8 Å². The largest absolute Gasteiger partial charge is 0.363 e. The number of hydrogen-bond acceptors (Lipinski definition) is 6. The summed E-state index contributed by atoms with van der Waals surface area (Å²) >= 11 is 8.66. The van der Waals surface area contributed by atoms with Crippen LogP contribution in [0.4, 0.5) is 10.8 Å². The van der Waals surface area contributed by atoms with Crippen LogP contribution < -0.4 is 10.6 Å². The Kier molecular flexibility index (Phi) is 5.22. The number of aromatic nitrogens is 2. The lowest BCUT2D eigenvalue weighted by Gasteiger charge is -2.10. The maximum atomic E-state index is 12.1. The molecule has 20 heavy (non-hydrogen) atoms. The molecule has 1 heterocycles. The molecule has 5 nitrogen and oxygen atoms in total. The van der Waals surface area contributed by atoms with E-state index in [-0.39, 0.29) is 11.2 Å². The number of anilines is 2. The molecule has 0 spiro atoms. The minimum atomic E-state index is -0.272. The zero-order valence-corrected chi connectivity index (χ0v) is 13.3. The Balaban J connectivity index is 1.95. The Morgan fingerprint density at radius 1 is 1.45 bits per heavy atom. The van der Waals surface area contributed by atoms with Gasteiger partial charge in [-0.05, 0) is 25.1 Å². The smallest absolute Gasteiger partial charge is 0.237 e. The highest BCUT2D eigenvalue weighted by atomic mass is 35.5. The first-order valence-electron chi connectivity index (χ1n) is 5.83. The lowest BCUT2D eigenvalue weighted by Crippen LogP contribution is -2.22. The topological polar surface area (TPSA) is 66.9 Å². The van der Waals surface area contributed by atoms with E-state index in [0.29, 0.717) is 10.7 Å². The summed E-state index contributed by atoms with van der Waals surface area (Å²) in [5, 5.41) is 14.7. The Bertz CT molecular complexity index is 605. The van der Waals surface area contributed by atoms with Crippen LogP contribution in [0, 0.1) is 0 Å². The third-order valence-electron chi connectivity index (χ3n) is 2.36. The highest BCUT2D eigenvalue weighted by Gasteiger charge is 2.17. The first-order chi connectivity index (χ1) is 9.58. The number of rotatable bonds is 5. The average Bonchev–Trinajstić information content (AvgIpc) is 2.86. The molecule has 0 saturated heterocycles. The average molecular weight is 329 g/mol. The van der Waals surface area contributed by atoms with Gasteiger partial charge in [0.25, 0.3) is 0 Å². The number of nitrogens with one attached hydrogen (secondary N) is 2.